The van der Waals surface area contributed by atoms with Gasteiger partial charge in [0.25, 0.3) is 0 Å². The van der Waals surface area contributed by atoms with E-state index in [1.807, 2.05) is 36.4 Å². The highest BCUT2D eigenvalue weighted by Gasteiger charge is 2.26. The molecule has 1 aliphatic rings. The molecule has 3 rings (SSSR count). The molecule has 0 saturated carbocycles. The van der Waals surface area contributed by atoms with Crippen LogP contribution in [0.3, 0.4) is 0 Å². The van der Waals surface area contributed by atoms with Crippen molar-refractivity contribution in [1.29, 1.82) is 0 Å². The minimum atomic E-state index is -0.443. The van der Waals surface area contributed by atoms with Gasteiger partial charge in [0.2, 0.25) is 5.91 Å². The summed E-state index contributed by atoms with van der Waals surface area (Å²) in [5.41, 5.74) is 2.16. The van der Waals surface area contributed by atoms with Crippen molar-refractivity contribution in [3.63, 3.8) is 0 Å². The van der Waals surface area contributed by atoms with E-state index in [1.165, 1.54) is 13.3 Å². The van der Waals surface area contributed by atoms with Crippen molar-refractivity contribution in [3.05, 3.63) is 65.7 Å². The summed E-state index contributed by atoms with van der Waals surface area (Å²) >= 11 is 0. The third-order valence-corrected chi connectivity index (χ3v) is 5.39. The monoisotopic (exact) mass is 379 g/mol. The first kappa shape index (κ1) is 20.2. The fourth-order valence-electron chi connectivity index (χ4n) is 3.83. The molecule has 1 saturated heterocycles. The van der Waals surface area contributed by atoms with Crippen LogP contribution in [0.5, 0.6) is 0 Å². The van der Waals surface area contributed by atoms with E-state index < -0.39 is 6.04 Å². The molecule has 1 heterocycles. The number of hydrogen-bond acceptors (Lipinski definition) is 4. The Hall–Kier alpha value is -2.50. The molecule has 1 amide bonds. The summed E-state index contributed by atoms with van der Waals surface area (Å²) in [6.07, 6.45) is 2.37. The van der Waals surface area contributed by atoms with E-state index in [0.29, 0.717) is 17.3 Å². The van der Waals surface area contributed by atoms with Gasteiger partial charge in [0.1, 0.15) is 6.04 Å². The number of rotatable bonds is 8. The van der Waals surface area contributed by atoms with Crippen LogP contribution in [0.15, 0.2) is 54.6 Å². The fraction of sp³-hybridized carbons (Fsp3) is 0.391. The second-order valence-electron chi connectivity index (χ2n) is 7.30. The summed E-state index contributed by atoms with van der Waals surface area (Å²) in [7, 11) is 0. The number of likely N-dealkylation sites (tertiary alicyclic amines) is 1. The van der Waals surface area contributed by atoms with Gasteiger partial charge in [-0.3, -0.25) is 14.5 Å². The Morgan fingerprint density at radius 1 is 1.14 bits per heavy atom. The van der Waals surface area contributed by atoms with Gasteiger partial charge in [-0.25, -0.2) is 0 Å². The number of anilines is 1. The van der Waals surface area contributed by atoms with Crippen LogP contribution in [0.4, 0.5) is 5.69 Å². The lowest BCUT2D eigenvalue weighted by atomic mass is 10.0. The minimum absolute atomic E-state index is 0.0188. The van der Waals surface area contributed by atoms with Crippen LogP contribution in [-0.4, -0.2) is 42.3 Å². The van der Waals surface area contributed by atoms with Crippen LogP contribution in [0.2, 0.25) is 0 Å². The Morgan fingerprint density at radius 2 is 1.93 bits per heavy atom. The first-order chi connectivity index (χ1) is 13.6. The molecule has 28 heavy (non-hydrogen) atoms. The zero-order valence-corrected chi connectivity index (χ0v) is 16.7. The molecular weight excluding hydrogens is 350 g/mol. The Labute approximate surface area is 167 Å². The van der Waals surface area contributed by atoms with Crippen molar-refractivity contribution >= 4 is 17.4 Å². The maximum absolute atomic E-state index is 13.1. The SMILES string of the molecule is CCN1CCC[C@@H]1CN[C@@H](C(=O)Nc1cccc(C(C)=O)c1)c1ccccc1. The van der Waals surface area contributed by atoms with Crippen LogP contribution >= 0.6 is 0 Å². The van der Waals surface area contributed by atoms with Crippen LogP contribution in [-0.2, 0) is 4.79 Å². The Bertz CT molecular complexity index is 807. The molecule has 0 aromatic heterocycles. The zero-order valence-electron chi connectivity index (χ0n) is 16.7. The number of benzene rings is 2. The lowest BCUT2D eigenvalue weighted by molar-refractivity contribution is -0.118. The number of amides is 1. The molecule has 1 aliphatic heterocycles. The zero-order chi connectivity index (χ0) is 19.9. The standard InChI is InChI=1S/C23H29N3O2/c1-3-26-14-8-13-21(26)16-24-22(18-9-5-4-6-10-18)23(28)25-20-12-7-11-19(15-20)17(2)27/h4-7,9-12,15,21-22,24H,3,8,13-14,16H2,1-2H3,(H,25,28)/t21-,22-/m1/s1. The molecule has 5 heteroatoms. The number of nitrogens with zero attached hydrogens (tertiary/aromatic N) is 1. The number of ketones is 1. The smallest absolute Gasteiger partial charge is 0.246 e. The van der Waals surface area contributed by atoms with Gasteiger partial charge in [-0.2, -0.15) is 0 Å². The number of carbonyl (C=O) groups is 2. The molecule has 2 aromatic rings. The summed E-state index contributed by atoms with van der Waals surface area (Å²) in [5.74, 6) is -0.136. The first-order valence-electron chi connectivity index (χ1n) is 10.0. The van der Waals surface area contributed by atoms with E-state index >= 15 is 0 Å². The van der Waals surface area contributed by atoms with Gasteiger partial charge in [0.05, 0.1) is 0 Å². The fourth-order valence-corrected chi connectivity index (χ4v) is 3.83. The van der Waals surface area contributed by atoms with E-state index in [-0.39, 0.29) is 11.7 Å². The third kappa shape index (κ3) is 5.06. The molecule has 0 bridgehead atoms. The van der Waals surface area contributed by atoms with Gasteiger partial charge >= 0.3 is 0 Å². The van der Waals surface area contributed by atoms with Crippen molar-refractivity contribution in [1.82, 2.24) is 10.2 Å². The Morgan fingerprint density at radius 3 is 2.64 bits per heavy atom. The number of likely N-dealkylation sites (N-methyl/N-ethyl adjacent to an activating group) is 1. The van der Waals surface area contributed by atoms with Crippen LogP contribution in [0.1, 0.15) is 48.7 Å². The highest BCUT2D eigenvalue weighted by atomic mass is 16.2. The summed E-state index contributed by atoms with van der Waals surface area (Å²) in [6.45, 7) is 6.64. The highest BCUT2D eigenvalue weighted by molar-refractivity contribution is 5.98. The lowest BCUT2D eigenvalue weighted by Crippen LogP contribution is -2.42. The summed E-state index contributed by atoms with van der Waals surface area (Å²) < 4.78 is 0. The first-order valence-corrected chi connectivity index (χ1v) is 10.0. The number of hydrogen-bond donors (Lipinski definition) is 2. The molecule has 5 nitrogen and oxygen atoms in total. The predicted octanol–water partition coefficient (Wildman–Crippen LogP) is 3.64. The third-order valence-electron chi connectivity index (χ3n) is 5.39. The summed E-state index contributed by atoms with van der Waals surface area (Å²) in [6, 6.07) is 16.9. The molecule has 0 unspecified atom stereocenters. The van der Waals surface area contributed by atoms with E-state index in [1.54, 1.807) is 18.2 Å². The van der Waals surface area contributed by atoms with E-state index in [2.05, 4.69) is 22.5 Å². The lowest BCUT2D eigenvalue weighted by Gasteiger charge is -2.26. The minimum Gasteiger partial charge on any atom is -0.324 e. The van der Waals surface area contributed by atoms with Crippen molar-refractivity contribution < 1.29 is 9.59 Å². The van der Waals surface area contributed by atoms with Gasteiger partial charge in [0.15, 0.2) is 5.78 Å². The quantitative estimate of drug-likeness (QED) is 0.688. The second-order valence-corrected chi connectivity index (χ2v) is 7.30. The normalized spacial score (nSPS) is 18.0. The van der Waals surface area contributed by atoms with E-state index in [4.69, 9.17) is 0 Å². The predicted molar refractivity (Wildman–Crippen MR) is 113 cm³/mol. The van der Waals surface area contributed by atoms with E-state index in [9.17, 15) is 9.59 Å². The molecule has 148 valence electrons. The van der Waals surface area contributed by atoms with E-state index in [0.717, 1.165) is 31.6 Å². The van der Waals surface area contributed by atoms with Gasteiger partial charge in [-0.05, 0) is 50.6 Å². The average Bonchev–Trinajstić information content (AvgIpc) is 3.16. The largest absolute Gasteiger partial charge is 0.324 e. The van der Waals surface area contributed by atoms with Gasteiger partial charge < -0.3 is 10.6 Å². The summed E-state index contributed by atoms with van der Waals surface area (Å²) in [5, 5.41) is 6.45. The molecular formula is C23H29N3O2. The molecule has 2 atom stereocenters. The van der Waals surface area contributed by atoms with Crippen molar-refractivity contribution in [2.75, 3.05) is 25.0 Å². The van der Waals surface area contributed by atoms with Crippen molar-refractivity contribution in [3.8, 4) is 0 Å². The molecule has 0 radical (unpaired) electrons. The van der Waals surface area contributed by atoms with Crippen molar-refractivity contribution in [2.24, 2.45) is 0 Å². The van der Waals surface area contributed by atoms with Crippen LogP contribution in [0, 0.1) is 0 Å². The van der Waals surface area contributed by atoms with Gasteiger partial charge in [-0.15, -0.1) is 0 Å². The van der Waals surface area contributed by atoms with Gasteiger partial charge in [0, 0.05) is 23.8 Å². The Balaban J connectivity index is 1.74. The molecule has 0 aliphatic carbocycles. The molecule has 2 aromatic carbocycles. The molecule has 1 fully saturated rings. The molecule has 2 N–H and O–H groups in total. The number of Topliss-reactive ketones (excluding diaryl/α,β-unsaturated/α-hetero) is 1. The average molecular weight is 380 g/mol. The topological polar surface area (TPSA) is 61.4 Å². The summed E-state index contributed by atoms with van der Waals surface area (Å²) in [4.78, 5) is 27.2. The number of carbonyl (C=O) groups excluding carboxylic acids is 2. The molecule has 0 spiro atoms. The second kappa shape index (κ2) is 9.62. The van der Waals surface area contributed by atoms with Gasteiger partial charge in [-0.1, -0.05) is 49.4 Å². The van der Waals surface area contributed by atoms with Crippen LogP contribution < -0.4 is 10.6 Å². The Kier molecular flexibility index (Phi) is 6.95. The maximum atomic E-state index is 13.1. The maximum Gasteiger partial charge on any atom is 0.246 e. The highest BCUT2D eigenvalue weighted by Crippen LogP contribution is 2.20. The van der Waals surface area contributed by atoms with Crippen LogP contribution in [0.25, 0.3) is 0 Å². The number of nitrogens with one attached hydrogen (secondary N) is 2. The van der Waals surface area contributed by atoms with Crippen molar-refractivity contribution in [2.45, 2.75) is 38.8 Å².